The van der Waals surface area contributed by atoms with E-state index >= 15 is 0 Å². The Kier molecular flexibility index (Phi) is 7.52. The Hall–Kier alpha value is -2.36. The van der Waals surface area contributed by atoms with Crippen LogP contribution < -0.4 is 10.6 Å². The van der Waals surface area contributed by atoms with Crippen molar-refractivity contribution >= 4 is 39.2 Å². The molecule has 3 atom stereocenters. The molecular formula is C21H28N4O4S. The molecule has 0 saturated carbocycles. The highest BCUT2D eigenvalue weighted by Crippen LogP contribution is 2.24. The standard InChI is InChI=1S/C21H28N4O4S/c1-13(26)25-12-14(27)11-17(25)20(29)23-16(8-5-6-10-22-2)19(28)21-24-15-7-3-4-9-18(15)30-21/h3-4,7,9,14,16-17,22,27H,5-6,8,10-12H2,1-2H3,(H,23,29)/t14-,16?,17+/m1/s1. The largest absolute Gasteiger partial charge is 0.391 e. The van der Waals surface area contributed by atoms with Crippen LogP contribution in [0.3, 0.4) is 0 Å². The number of hydrogen-bond acceptors (Lipinski definition) is 7. The highest BCUT2D eigenvalue weighted by atomic mass is 32.1. The van der Waals surface area contributed by atoms with Gasteiger partial charge in [0.2, 0.25) is 17.6 Å². The molecule has 9 heteroatoms. The Labute approximate surface area is 179 Å². The van der Waals surface area contributed by atoms with Gasteiger partial charge in [0.05, 0.1) is 22.4 Å². The van der Waals surface area contributed by atoms with Crippen LogP contribution in [0.5, 0.6) is 0 Å². The van der Waals surface area contributed by atoms with E-state index < -0.39 is 24.1 Å². The summed E-state index contributed by atoms with van der Waals surface area (Å²) in [6.45, 7) is 2.33. The fourth-order valence-electron chi connectivity index (χ4n) is 3.72. The van der Waals surface area contributed by atoms with Crippen molar-refractivity contribution in [2.24, 2.45) is 0 Å². The van der Waals surface area contributed by atoms with Crippen LogP contribution in [-0.2, 0) is 9.59 Å². The van der Waals surface area contributed by atoms with Gasteiger partial charge in [0.25, 0.3) is 0 Å². The van der Waals surface area contributed by atoms with E-state index in [2.05, 4.69) is 15.6 Å². The number of carbonyl (C=O) groups excluding carboxylic acids is 3. The molecule has 1 aromatic carbocycles. The molecule has 3 rings (SSSR count). The molecule has 2 heterocycles. The minimum absolute atomic E-state index is 0.131. The van der Waals surface area contributed by atoms with Gasteiger partial charge in [-0.15, -0.1) is 11.3 Å². The molecule has 2 amide bonds. The third-order valence-electron chi connectivity index (χ3n) is 5.29. The Morgan fingerprint density at radius 2 is 2.07 bits per heavy atom. The second kappa shape index (κ2) is 10.1. The summed E-state index contributed by atoms with van der Waals surface area (Å²) in [7, 11) is 1.87. The molecule has 2 aromatic rings. The molecule has 1 aliphatic heterocycles. The number of nitrogens with one attached hydrogen (secondary N) is 2. The number of aromatic nitrogens is 1. The second-order valence-electron chi connectivity index (χ2n) is 7.59. The zero-order chi connectivity index (χ0) is 21.7. The van der Waals surface area contributed by atoms with Gasteiger partial charge in [-0.05, 0) is 45.0 Å². The number of para-hydroxylation sites is 1. The summed E-state index contributed by atoms with van der Waals surface area (Å²) < 4.78 is 0.919. The summed E-state index contributed by atoms with van der Waals surface area (Å²) in [5.74, 6) is -0.897. The summed E-state index contributed by atoms with van der Waals surface area (Å²) >= 11 is 1.31. The molecule has 8 nitrogen and oxygen atoms in total. The van der Waals surface area contributed by atoms with Crippen molar-refractivity contribution in [1.29, 1.82) is 0 Å². The third kappa shape index (κ3) is 5.21. The normalized spacial score (nSPS) is 19.8. The molecule has 1 aliphatic rings. The molecule has 0 bridgehead atoms. The predicted molar refractivity (Wildman–Crippen MR) is 115 cm³/mol. The number of benzene rings is 1. The van der Waals surface area contributed by atoms with Crippen LogP contribution in [0.15, 0.2) is 24.3 Å². The summed E-state index contributed by atoms with van der Waals surface area (Å²) in [5.41, 5.74) is 0.757. The van der Waals surface area contributed by atoms with Gasteiger partial charge >= 0.3 is 0 Å². The first-order chi connectivity index (χ1) is 14.4. The maximum atomic E-state index is 13.2. The smallest absolute Gasteiger partial charge is 0.243 e. The molecule has 1 aromatic heterocycles. The first-order valence-corrected chi connectivity index (χ1v) is 11.0. The summed E-state index contributed by atoms with van der Waals surface area (Å²) in [6.07, 6.45) is 1.55. The summed E-state index contributed by atoms with van der Waals surface area (Å²) in [6, 6.07) is 6.05. The zero-order valence-electron chi connectivity index (χ0n) is 17.3. The average molecular weight is 433 g/mol. The van der Waals surface area contributed by atoms with E-state index in [0.29, 0.717) is 11.4 Å². The average Bonchev–Trinajstić information content (AvgIpc) is 3.33. The van der Waals surface area contributed by atoms with Crippen molar-refractivity contribution in [2.45, 2.75) is 50.8 Å². The molecule has 0 spiro atoms. The van der Waals surface area contributed by atoms with Crippen molar-refractivity contribution in [3.63, 3.8) is 0 Å². The number of fused-ring (bicyclic) bond motifs is 1. The van der Waals surface area contributed by atoms with Crippen molar-refractivity contribution in [1.82, 2.24) is 20.5 Å². The molecule has 0 aliphatic carbocycles. The molecule has 0 radical (unpaired) electrons. The number of β-amino-alcohol motifs (C(OH)–C–C–N with tert-alkyl or cyclic N) is 1. The Morgan fingerprint density at radius 1 is 1.30 bits per heavy atom. The van der Waals surface area contributed by atoms with Gasteiger partial charge in [-0.25, -0.2) is 4.98 Å². The minimum atomic E-state index is -0.763. The zero-order valence-corrected chi connectivity index (χ0v) is 18.1. The van der Waals surface area contributed by atoms with E-state index in [0.717, 1.165) is 29.6 Å². The van der Waals surface area contributed by atoms with Gasteiger partial charge in [-0.3, -0.25) is 14.4 Å². The molecule has 30 heavy (non-hydrogen) atoms. The van der Waals surface area contributed by atoms with Crippen LogP contribution in [0.1, 0.15) is 42.4 Å². The van der Waals surface area contributed by atoms with Crippen LogP contribution >= 0.6 is 11.3 Å². The molecular weight excluding hydrogens is 404 g/mol. The van der Waals surface area contributed by atoms with E-state index in [1.807, 2.05) is 31.3 Å². The Morgan fingerprint density at radius 3 is 2.77 bits per heavy atom. The number of likely N-dealkylation sites (tertiary alicyclic amines) is 1. The van der Waals surface area contributed by atoms with Crippen molar-refractivity contribution < 1.29 is 19.5 Å². The number of aliphatic hydroxyl groups excluding tert-OH is 1. The highest BCUT2D eigenvalue weighted by molar-refractivity contribution is 7.20. The van der Waals surface area contributed by atoms with Crippen LogP contribution in [0.25, 0.3) is 10.2 Å². The van der Waals surface area contributed by atoms with Crippen LogP contribution in [0, 0.1) is 0 Å². The number of ketones is 1. The number of Topliss-reactive ketones (excluding diaryl/α,β-unsaturated/α-hetero) is 1. The summed E-state index contributed by atoms with van der Waals surface area (Å²) in [5, 5.41) is 16.2. The monoisotopic (exact) mass is 432 g/mol. The van der Waals surface area contributed by atoms with E-state index in [-0.39, 0.29) is 24.7 Å². The first-order valence-electron chi connectivity index (χ1n) is 10.2. The number of nitrogens with zero attached hydrogens (tertiary/aromatic N) is 2. The number of amides is 2. The fraction of sp³-hybridized carbons (Fsp3) is 0.524. The lowest BCUT2D eigenvalue weighted by molar-refractivity contribution is -0.137. The second-order valence-corrected chi connectivity index (χ2v) is 8.62. The van der Waals surface area contributed by atoms with Crippen molar-refractivity contribution in [3.8, 4) is 0 Å². The third-order valence-corrected chi connectivity index (χ3v) is 6.34. The quantitative estimate of drug-likeness (QED) is 0.407. The van der Waals surface area contributed by atoms with Gasteiger partial charge in [0.15, 0.2) is 5.01 Å². The van der Waals surface area contributed by atoms with Gasteiger partial charge in [-0.2, -0.15) is 0 Å². The number of rotatable bonds is 9. The topological polar surface area (TPSA) is 112 Å². The highest BCUT2D eigenvalue weighted by Gasteiger charge is 2.39. The first kappa shape index (κ1) is 22.3. The summed E-state index contributed by atoms with van der Waals surface area (Å²) in [4.78, 5) is 43.8. The molecule has 1 saturated heterocycles. The molecule has 162 valence electrons. The minimum Gasteiger partial charge on any atom is -0.391 e. The Bertz CT molecular complexity index is 882. The maximum Gasteiger partial charge on any atom is 0.243 e. The Balaban J connectivity index is 1.76. The SMILES string of the molecule is CNCCCCC(NC(=O)[C@@H]1C[C@@H](O)CN1C(C)=O)C(=O)c1nc2ccccc2s1. The number of hydrogen-bond donors (Lipinski definition) is 3. The van der Waals surface area contributed by atoms with Crippen LogP contribution in [0.4, 0.5) is 0 Å². The van der Waals surface area contributed by atoms with Gasteiger partial charge in [-0.1, -0.05) is 12.1 Å². The molecule has 3 N–H and O–H groups in total. The van der Waals surface area contributed by atoms with E-state index in [1.165, 1.54) is 23.2 Å². The maximum absolute atomic E-state index is 13.2. The number of carbonyl (C=O) groups is 3. The lowest BCUT2D eigenvalue weighted by Crippen LogP contribution is -2.50. The number of thiazole rings is 1. The van der Waals surface area contributed by atoms with Gasteiger partial charge in [0.1, 0.15) is 6.04 Å². The van der Waals surface area contributed by atoms with Crippen molar-refractivity contribution in [3.05, 3.63) is 29.3 Å². The lowest BCUT2D eigenvalue weighted by atomic mass is 10.0. The van der Waals surface area contributed by atoms with E-state index in [1.54, 1.807) is 0 Å². The number of unbranched alkanes of at least 4 members (excludes halogenated alkanes) is 1. The molecule has 1 unspecified atom stereocenters. The van der Waals surface area contributed by atoms with E-state index in [4.69, 9.17) is 0 Å². The van der Waals surface area contributed by atoms with Crippen LogP contribution in [-0.4, -0.2) is 70.9 Å². The van der Waals surface area contributed by atoms with Gasteiger partial charge in [0, 0.05) is 19.9 Å². The van der Waals surface area contributed by atoms with Crippen molar-refractivity contribution in [2.75, 3.05) is 20.1 Å². The van der Waals surface area contributed by atoms with Crippen LogP contribution in [0.2, 0.25) is 0 Å². The predicted octanol–water partition coefficient (Wildman–Crippen LogP) is 1.34. The van der Waals surface area contributed by atoms with Gasteiger partial charge < -0.3 is 20.6 Å². The number of aliphatic hydroxyl groups is 1. The lowest BCUT2D eigenvalue weighted by Gasteiger charge is -2.24. The van der Waals surface area contributed by atoms with E-state index in [9.17, 15) is 19.5 Å². The molecule has 1 fully saturated rings. The fourth-order valence-corrected chi connectivity index (χ4v) is 4.68.